The Kier molecular flexibility index (Phi) is 3.26. The maximum Gasteiger partial charge on any atom is 0.300 e. The Bertz CT molecular complexity index is 512. The minimum Gasteiger partial charge on any atom is -0.351 e. The number of carbonyl (C=O) groups excluding carboxylic acids is 1. The number of nitrogens with zero attached hydrogens (tertiary/aromatic N) is 1. The molecule has 1 aliphatic rings. The van der Waals surface area contributed by atoms with Crippen LogP contribution in [0, 0.1) is 15.5 Å². The third kappa shape index (κ3) is 2.61. The lowest BCUT2D eigenvalue weighted by molar-refractivity contribution is -0.385. The molecule has 6 heteroatoms. The molecule has 5 nitrogen and oxygen atoms in total. The van der Waals surface area contributed by atoms with Crippen molar-refractivity contribution >= 4 is 23.2 Å². The maximum absolute atomic E-state index is 11.9. The lowest BCUT2D eigenvalue weighted by Gasteiger charge is -2.10. The summed E-state index contributed by atoms with van der Waals surface area (Å²) in [6, 6.07) is 4.34. The van der Waals surface area contributed by atoms with Gasteiger partial charge in [-0.05, 0) is 30.4 Å². The summed E-state index contributed by atoms with van der Waals surface area (Å²) in [6.45, 7) is 2.61. The molecule has 1 amide bonds. The van der Waals surface area contributed by atoms with Crippen molar-refractivity contribution in [3.63, 3.8) is 0 Å². The fraction of sp³-hybridized carbons (Fsp3) is 0.417. The number of rotatable bonds is 4. The van der Waals surface area contributed by atoms with Gasteiger partial charge in [0.05, 0.1) is 4.92 Å². The molecular weight excluding hydrogens is 256 g/mol. The fourth-order valence-corrected chi connectivity index (χ4v) is 1.91. The van der Waals surface area contributed by atoms with Crippen LogP contribution in [-0.2, 0) is 0 Å². The molecule has 1 fully saturated rings. The van der Waals surface area contributed by atoms with Crippen LogP contribution in [0.4, 0.5) is 5.69 Å². The first kappa shape index (κ1) is 12.8. The average molecular weight is 269 g/mol. The third-order valence-corrected chi connectivity index (χ3v) is 3.50. The van der Waals surface area contributed by atoms with Crippen molar-refractivity contribution in [2.24, 2.45) is 5.41 Å². The lowest BCUT2D eigenvalue weighted by Crippen LogP contribution is -2.29. The van der Waals surface area contributed by atoms with E-state index in [1.807, 2.05) is 0 Å². The van der Waals surface area contributed by atoms with Crippen molar-refractivity contribution < 1.29 is 9.72 Å². The second kappa shape index (κ2) is 4.57. The van der Waals surface area contributed by atoms with Gasteiger partial charge in [-0.1, -0.05) is 24.6 Å². The van der Waals surface area contributed by atoms with E-state index < -0.39 is 10.8 Å². The summed E-state index contributed by atoms with van der Waals surface area (Å²) in [6.07, 6.45) is 2.15. The summed E-state index contributed by atoms with van der Waals surface area (Å²) in [7, 11) is 0. The second-order valence-electron chi connectivity index (χ2n) is 4.89. The second-order valence-corrected chi connectivity index (χ2v) is 5.29. The Morgan fingerprint density at radius 1 is 1.56 bits per heavy atom. The van der Waals surface area contributed by atoms with E-state index in [4.69, 9.17) is 11.6 Å². The van der Waals surface area contributed by atoms with Crippen LogP contribution >= 0.6 is 11.6 Å². The average Bonchev–Trinajstić information content (AvgIpc) is 3.04. The molecule has 18 heavy (non-hydrogen) atoms. The molecule has 1 saturated carbocycles. The Morgan fingerprint density at radius 3 is 2.78 bits per heavy atom. The number of halogens is 1. The zero-order valence-corrected chi connectivity index (χ0v) is 10.7. The number of amides is 1. The molecule has 2 rings (SSSR count). The Labute approximate surface area is 109 Å². The molecule has 96 valence electrons. The zero-order chi connectivity index (χ0) is 13.3. The molecule has 0 saturated heterocycles. The van der Waals surface area contributed by atoms with Crippen LogP contribution < -0.4 is 5.32 Å². The van der Waals surface area contributed by atoms with E-state index in [2.05, 4.69) is 12.2 Å². The molecule has 0 heterocycles. The highest BCUT2D eigenvalue weighted by molar-refractivity contribution is 6.33. The largest absolute Gasteiger partial charge is 0.351 e. The highest BCUT2D eigenvalue weighted by Gasteiger charge is 2.37. The molecule has 0 bridgehead atoms. The van der Waals surface area contributed by atoms with Gasteiger partial charge in [-0.3, -0.25) is 14.9 Å². The van der Waals surface area contributed by atoms with Gasteiger partial charge in [0.1, 0.15) is 10.6 Å². The van der Waals surface area contributed by atoms with E-state index in [0.29, 0.717) is 6.54 Å². The molecule has 0 radical (unpaired) electrons. The van der Waals surface area contributed by atoms with E-state index >= 15 is 0 Å². The predicted molar refractivity (Wildman–Crippen MR) is 67.8 cm³/mol. The number of nitro groups is 1. The summed E-state index contributed by atoms with van der Waals surface area (Å²) >= 11 is 5.75. The smallest absolute Gasteiger partial charge is 0.300 e. The summed E-state index contributed by atoms with van der Waals surface area (Å²) < 4.78 is 0. The van der Waals surface area contributed by atoms with Crippen molar-refractivity contribution in [1.82, 2.24) is 5.32 Å². The van der Waals surface area contributed by atoms with E-state index in [1.54, 1.807) is 0 Å². The normalized spacial score (nSPS) is 16.1. The number of para-hydroxylation sites is 1. The van der Waals surface area contributed by atoms with E-state index in [0.717, 1.165) is 12.8 Å². The summed E-state index contributed by atoms with van der Waals surface area (Å²) in [5.41, 5.74) is -0.169. The van der Waals surface area contributed by atoms with Gasteiger partial charge < -0.3 is 5.32 Å². The van der Waals surface area contributed by atoms with Crippen molar-refractivity contribution in [2.75, 3.05) is 6.54 Å². The van der Waals surface area contributed by atoms with E-state index in [9.17, 15) is 14.9 Å². The van der Waals surface area contributed by atoms with Crippen LogP contribution in [0.1, 0.15) is 30.1 Å². The van der Waals surface area contributed by atoms with Crippen LogP contribution in [0.25, 0.3) is 0 Å². The minimum atomic E-state index is -0.629. The number of hydrogen-bond donors (Lipinski definition) is 1. The Balaban J connectivity index is 2.19. The first-order valence-electron chi connectivity index (χ1n) is 5.64. The van der Waals surface area contributed by atoms with E-state index in [-0.39, 0.29) is 21.7 Å². The van der Waals surface area contributed by atoms with Crippen LogP contribution in [-0.4, -0.2) is 17.4 Å². The zero-order valence-electron chi connectivity index (χ0n) is 9.90. The first-order valence-corrected chi connectivity index (χ1v) is 6.02. The minimum absolute atomic E-state index is 0.0109. The number of nitrogens with one attached hydrogen (secondary N) is 1. The molecule has 1 aliphatic carbocycles. The monoisotopic (exact) mass is 268 g/mol. The summed E-state index contributed by atoms with van der Waals surface area (Å²) in [5.74, 6) is -0.447. The molecular formula is C12H13ClN2O3. The number of nitro benzene ring substituents is 1. The standard InChI is InChI=1S/C12H13ClN2O3/c1-12(5-6-12)7-14-11(16)8-3-2-4-9(13)10(8)15(17)18/h2-4H,5-7H2,1H3,(H,14,16). The fourth-order valence-electron chi connectivity index (χ4n) is 1.66. The van der Waals surface area contributed by atoms with Crippen molar-refractivity contribution in [2.45, 2.75) is 19.8 Å². The Morgan fingerprint density at radius 2 is 2.22 bits per heavy atom. The van der Waals surface area contributed by atoms with Crippen molar-refractivity contribution in [1.29, 1.82) is 0 Å². The molecule has 0 atom stereocenters. The van der Waals surface area contributed by atoms with Gasteiger partial charge in [-0.15, -0.1) is 0 Å². The topological polar surface area (TPSA) is 72.2 Å². The van der Waals surface area contributed by atoms with Gasteiger partial charge in [0.2, 0.25) is 0 Å². The molecule has 1 aromatic rings. The first-order chi connectivity index (χ1) is 8.43. The van der Waals surface area contributed by atoms with Gasteiger partial charge in [-0.2, -0.15) is 0 Å². The highest BCUT2D eigenvalue weighted by Crippen LogP contribution is 2.44. The molecule has 0 aliphatic heterocycles. The van der Waals surface area contributed by atoms with Gasteiger partial charge >= 0.3 is 5.69 Å². The summed E-state index contributed by atoms with van der Waals surface area (Å²) in [5, 5.41) is 13.6. The molecule has 0 aromatic heterocycles. The van der Waals surface area contributed by atoms with Crippen LogP contribution in [0.3, 0.4) is 0 Å². The lowest BCUT2D eigenvalue weighted by atomic mass is 10.1. The highest BCUT2D eigenvalue weighted by atomic mass is 35.5. The molecule has 1 aromatic carbocycles. The number of hydrogen-bond acceptors (Lipinski definition) is 3. The summed E-state index contributed by atoms with van der Waals surface area (Å²) in [4.78, 5) is 22.2. The van der Waals surface area contributed by atoms with Gasteiger partial charge in [0.25, 0.3) is 5.91 Å². The van der Waals surface area contributed by atoms with Crippen LogP contribution in [0.5, 0.6) is 0 Å². The quantitative estimate of drug-likeness (QED) is 0.674. The van der Waals surface area contributed by atoms with Crippen molar-refractivity contribution in [3.8, 4) is 0 Å². The number of benzene rings is 1. The predicted octanol–water partition coefficient (Wildman–Crippen LogP) is 2.78. The van der Waals surface area contributed by atoms with Gasteiger partial charge in [-0.25, -0.2) is 0 Å². The SMILES string of the molecule is CC1(CNC(=O)c2cccc(Cl)c2[N+](=O)[O-])CC1. The Hall–Kier alpha value is -1.62. The molecule has 1 N–H and O–H groups in total. The number of carbonyl (C=O) groups is 1. The molecule has 0 unspecified atom stereocenters. The van der Waals surface area contributed by atoms with Gasteiger partial charge in [0.15, 0.2) is 0 Å². The van der Waals surface area contributed by atoms with Crippen LogP contribution in [0.15, 0.2) is 18.2 Å². The van der Waals surface area contributed by atoms with Crippen molar-refractivity contribution in [3.05, 3.63) is 38.9 Å². The molecule has 0 spiro atoms. The van der Waals surface area contributed by atoms with Gasteiger partial charge in [0, 0.05) is 6.54 Å². The third-order valence-electron chi connectivity index (χ3n) is 3.19. The maximum atomic E-state index is 11.9. The van der Waals surface area contributed by atoms with Crippen LogP contribution in [0.2, 0.25) is 5.02 Å². The van der Waals surface area contributed by atoms with E-state index in [1.165, 1.54) is 18.2 Å².